The van der Waals surface area contributed by atoms with E-state index >= 15 is 0 Å². The Morgan fingerprint density at radius 3 is 2.05 bits per heavy atom. The van der Waals surface area contributed by atoms with Gasteiger partial charge in [-0.1, -0.05) is 19.1 Å². The third-order valence-electron chi connectivity index (χ3n) is 6.72. The summed E-state index contributed by atoms with van der Waals surface area (Å²) in [6, 6.07) is 16.8. The molecule has 0 aromatic heterocycles. The molecule has 1 atom stereocenters. The van der Waals surface area contributed by atoms with Gasteiger partial charge in [0.15, 0.2) is 0 Å². The maximum absolute atomic E-state index is 13.5. The smallest absolute Gasteiger partial charge is 0.264 e. The molecule has 9 heteroatoms. The Balaban J connectivity index is 1.48. The zero-order chi connectivity index (χ0) is 26.6. The van der Waals surface area contributed by atoms with E-state index in [1.54, 1.807) is 0 Å². The van der Waals surface area contributed by atoms with Crippen LogP contribution in [0.25, 0.3) is 0 Å². The van der Waals surface area contributed by atoms with Gasteiger partial charge in [-0.2, -0.15) is 0 Å². The van der Waals surface area contributed by atoms with Crippen molar-refractivity contribution in [1.29, 1.82) is 0 Å². The van der Waals surface area contributed by atoms with Gasteiger partial charge in [-0.05, 0) is 91.9 Å². The molecule has 1 saturated heterocycles. The van der Waals surface area contributed by atoms with Crippen molar-refractivity contribution in [2.45, 2.75) is 37.6 Å². The zero-order valence-corrected chi connectivity index (χ0v) is 21.7. The summed E-state index contributed by atoms with van der Waals surface area (Å²) in [5, 5.41) is 2.85. The molecule has 4 rings (SSSR count). The Bertz CT molecular complexity index is 1310. The van der Waals surface area contributed by atoms with Crippen LogP contribution in [0.15, 0.2) is 77.7 Å². The molecule has 1 N–H and O–H groups in total. The lowest BCUT2D eigenvalue weighted by Gasteiger charge is -2.32. The topological polar surface area (TPSA) is 69.7 Å². The number of carbonyl (C=O) groups excluding carboxylic acids is 1. The van der Waals surface area contributed by atoms with Crippen molar-refractivity contribution in [1.82, 2.24) is 5.32 Å². The number of anilines is 2. The Hall–Kier alpha value is -3.46. The van der Waals surface area contributed by atoms with Crippen LogP contribution in [0, 0.1) is 17.6 Å². The molecule has 3 aromatic rings. The molecule has 0 saturated carbocycles. The normalized spacial score (nSPS) is 15.3. The van der Waals surface area contributed by atoms with Crippen LogP contribution in [0.3, 0.4) is 0 Å². The van der Waals surface area contributed by atoms with Crippen LogP contribution in [-0.4, -0.2) is 34.0 Å². The summed E-state index contributed by atoms with van der Waals surface area (Å²) in [6.07, 6.45) is 2.33. The van der Waals surface area contributed by atoms with Crippen molar-refractivity contribution in [2.75, 3.05) is 28.8 Å². The highest BCUT2D eigenvalue weighted by Gasteiger charge is 2.28. The number of benzene rings is 3. The van der Waals surface area contributed by atoms with Crippen LogP contribution in [-0.2, 0) is 14.8 Å². The highest BCUT2D eigenvalue weighted by Crippen LogP contribution is 2.26. The molecule has 0 bridgehead atoms. The second kappa shape index (κ2) is 11.3. The summed E-state index contributed by atoms with van der Waals surface area (Å²) < 4.78 is 54.5. The van der Waals surface area contributed by atoms with E-state index < -0.39 is 34.1 Å². The summed E-state index contributed by atoms with van der Waals surface area (Å²) in [7, 11) is -4.22. The van der Waals surface area contributed by atoms with E-state index in [9.17, 15) is 22.0 Å². The molecule has 1 heterocycles. The first-order valence-electron chi connectivity index (χ1n) is 12.3. The third kappa shape index (κ3) is 6.46. The van der Waals surface area contributed by atoms with Crippen molar-refractivity contribution in [2.24, 2.45) is 5.92 Å². The number of sulfonamides is 1. The Labute approximate surface area is 217 Å². The molecule has 1 fully saturated rings. The molecule has 1 unspecified atom stereocenters. The standard InChI is InChI=1S/C28H31F2N3O3S/c1-20-15-17-32(18-16-20)25-9-3-22(4-10-25)21(2)31-28(34)19-33(26-11-5-23(29)6-12-26)37(35,36)27-13-7-24(30)8-14-27/h3-14,20-21H,15-19H2,1-2H3,(H,31,34). The third-order valence-corrected chi connectivity index (χ3v) is 8.51. The van der Waals surface area contributed by atoms with Crippen molar-refractivity contribution < 1.29 is 22.0 Å². The Morgan fingerprint density at radius 1 is 0.946 bits per heavy atom. The first-order chi connectivity index (χ1) is 17.6. The van der Waals surface area contributed by atoms with Gasteiger partial charge >= 0.3 is 0 Å². The van der Waals surface area contributed by atoms with Gasteiger partial charge in [-0.3, -0.25) is 9.10 Å². The minimum atomic E-state index is -4.22. The van der Waals surface area contributed by atoms with Crippen LogP contribution < -0.4 is 14.5 Å². The number of nitrogens with zero attached hydrogens (tertiary/aromatic N) is 2. The van der Waals surface area contributed by atoms with Crippen molar-refractivity contribution in [3.05, 3.63) is 90.0 Å². The number of piperidine rings is 1. The van der Waals surface area contributed by atoms with E-state index in [0.717, 1.165) is 71.0 Å². The second-order valence-corrected chi connectivity index (χ2v) is 11.4. The van der Waals surface area contributed by atoms with Gasteiger partial charge in [0.25, 0.3) is 10.0 Å². The number of rotatable bonds is 8. The van der Waals surface area contributed by atoms with E-state index in [2.05, 4.69) is 17.1 Å². The summed E-state index contributed by atoms with van der Waals surface area (Å²) in [6.45, 7) is 5.61. The molecular formula is C28H31F2N3O3S. The minimum absolute atomic E-state index is 0.119. The fourth-order valence-electron chi connectivity index (χ4n) is 4.40. The fraction of sp³-hybridized carbons (Fsp3) is 0.321. The van der Waals surface area contributed by atoms with Gasteiger partial charge in [0.1, 0.15) is 18.2 Å². The molecular weight excluding hydrogens is 496 g/mol. The number of halogens is 2. The van der Waals surface area contributed by atoms with Gasteiger partial charge in [-0.15, -0.1) is 0 Å². The van der Waals surface area contributed by atoms with E-state index in [1.165, 1.54) is 25.0 Å². The predicted molar refractivity (Wildman–Crippen MR) is 141 cm³/mol. The number of nitrogens with one attached hydrogen (secondary N) is 1. The predicted octanol–water partition coefficient (Wildman–Crippen LogP) is 5.27. The SMILES string of the molecule is CC1CCN(c2ccc(C(C)NC(=O)CN(c3ccc(F)cc3)S(=O)(=O)c3ccc(F)cc3)cc2)CC1. The lowest BCUT2D eigenvalue weighted by Crippen LogP contribution is -2.41. The van der Waals surface area contributed by atoms with Gasteiger partial charge in [0.2, 0.25) is 5.91 Å². The van der Waals surface area contributed by atoms with E-state index in [1.807, 2.05) is 31.2 Å². The molecule has 0 aliphatic carbocycles. The van der Waals surface area contributed by atoms with Crippen molar-refractivity contribution >= 4 is 27.3 Å². The van der Waals surface area contributed by atoms with E-state index in [0.29, 0.717) is 0 Å². The molecule has 0 spiro atoms. The fourth-order valence-corrected chi connectivity index (χ4v) is 5.82. The average Bonchev–Trinajstić information content (AvgIpc) is 2.88. The molecule has 3 aromatic carbocycles. The first-order valence-corrected chi connectivity index (χ1v) is 13.8. The highest BCUT2D eigenvalue weighted by molar-refractivity contribution is 7.92. The number of hydrogen-bond donors (Lipinski definition) is 1. The molecule has 196 valence electrons. The molecule has 0 radical (unpaired) electrons. The number of amides is 1. The molecule has 37 heavy (non-hydrogen) atoms. The maximum atomic E-state index is 13.5. The monoisotopic (exact) mass is 527 g/mol. The van der Waals surface area contributed by atoms with Crippen molar-refractivity contribution in [3.63, 3.8) is 0 Å². The lowest BCUT2D eigenvalue weighted by atomic mass is 9.98. The molecule has 6 nitrogen and oxygen atoms in total. The average molecular weight is 528 g/mol. The lowest BCUT2D eigenvalue weighted by molar-refractivity contribution is -0.120. The first kappa shape index (κ1) is 26.6. The van der Waals surface area contributed by atoms with Crippen LogP contribution in [0.2, 0.25) is 0 Å². The minimum Gasteiger partial charge on any atom is -0.372 e. The van der Waals surface area contributed by atoms with Crippen LogP contribution in [0.1, 0.15) is 38.3 Å². The van der Waals surface area contributed by atoms with Crippen molar-refractivity contribution in [3.8, 4) is 0 Å². The number of carbonyl (C=O) groups is 1. The van der Waals surface area contributed by atoms with Crippen LogP contribution >= 0.6 is 0 Å². The summed E-state index contributed by atoms with van der Waals surface area (Å²) >= 11 is 0. The molecule has 1 aliphatic heterocycles. The summed E-state index contributed by atoms with van der Waals surface area (Å²) in [4.78, 5) is 15.2. The molecule has 1 aliphatic rings. The summed E-state index contributed by atoms with van der Waals surface area (Å²) in [5.41, 5.74) is 2.15. The van der Waals surface area contributed by atoms with Crippen LogP contribution in [0.5, 0.6) is 0 Å². The van der Waals surface area contributed by atoms with Gasteiger partial charge < -0.3 is 10.2 Å². The maximum Gasteiger partial charge on any atom is 0.264 e. The zero-order valence-electron chi connectivity index (χ0n) is 20.9. The highest BCUT2D eigenvalue weighted by atomic mass is 32.2. The van der Waals surface area contributed by atoms with Gasteiger partial charge in [0, 0.05) is 18.8 Å². The quantitative estimate of drug-likeness (QED) is 0.433. The Kier molecular flexibility index (Phi) is 8.12. The van der Waals surface area contributed by atoms with Crippen LogP contribution in [0.4, 0.5) is 20.2 Å². The van der Waals surface area contributed by atoms with Gasteiger partial charge in [-0.25, -0.2) is 17.2 Å². The van der Waals surface area contributed by atoms with E-state index in [4.69, 9.17) is 0 Å². The van der Waals surface area contributed by atoms with Gasteiger partial charge in [0.05, 0.1) is 16.6 Å². The van der Waals surface area contributed by atoms with E-state index in [-0.39, 0.29) is 16.6 Å². The number of hydrogen-bond acceptors (Lipinski definition) is 4. The Morgan fingerprint density at radius 2 is 1.49 bits per heavy atom. The largest absolute Gasteiger partial charge is 0.372 e. The second-order valence-electron chi connectivity index (χ2n) is 9.49. The molecule has 1 amide bonds. The summed E-state index contributed by atoms with van der Waals surface area (Å²) in [5.74, 6) is -0.910.